The van der Waals surface area contributed by atoms with Gasteiger partial charge in [0.15, 0.2) is 5.17 Å². The molecule has 0 atom stereocenters. The van der Waals surface area contributed by atoms with Crippen LogP contribution in [0.2, 0.25) is 0 Å². The molecule has 0 radical (unpaired) electrons. The van der Waals surface area contributed by atoms with Crippen molar-refractivity contribution in [1.82, 2.24) is 9.88 Å². The van der Waals surface area contributed by atoms with Gasteiger partial charge in [0.05, 0.1) is 23.6 Å². The van der Waals surface area contributed by atoms with Crippen molar-refractivity contribution in [2.24, 2.45) is 4.99 Å². The van der Waals surface area contributed by atoms with Gasteiger partial charge in [-0.05, 0) is 37.2 Å². The van der Waals surface area contributed by atoms with Gasteiger partial charge in [0.2, 0.25) is 5.13 Å². The molecule has 152 valence electrons. The predicted molar refractivity (Wildman–Crippen MR) is 116 cm³/mol. The van der Waals surface area contributed by atoms with Gasteiger partial charge in [-0.2, -0.15) is 4.99 Å². The maximum absolute atomic E-state index is 12.9. The third-order valence-corrected chi connectivity index (χ3v) is 5.77. The number of rotatable bonds is 8. The molecule has 1 saturated heterocycles. The van der Waals surface area contributed by atoms with E-state index in [4.69, 9.17) is 9.84 Å². The summed E-state index contributed by atoms with van der Waals surface area (Å²) >= 11 is 2.75. The number of benzene rings is 1. The van der Waals surface area contributed by atoms with Gasteiger partial charge in [-0.15, -0.1) is 11.3 Å². The molecule has 0 spiro atoms. The molecular weight excluding hydrogens is 410 g/mol. The highest BCUT2D eigenvalue weighted by Gasteiger charge is 2.33. The van der Waals surface area contributed by atoms with E-state index in [2.05, 4.69) is 9.98 Å². The largest absolute Gasteiger partial charge is 0.492 e. The molecule has 1 N–H and O–H groups in total. The van der Waals surface area contributed by atoms with E-state index in [1.165, 1.54) is 23.1 Å². The number of aliphatic imine (C=N–C) groups is 1. The first kappa shape index (κ1) is 21.1. The molecule has 0 saturated carbocycles. The number of nitrogens with zero attached hydrogens (tertiary/aromatic N) is 3. The zero-order valence-electron chi connectivity index (χ0n) is 16.1. The minimum absolute atomic E-state index is 0.0642. The number of carbonyl (C=O) groups excluding carboxylic acids is 1. The fraction of sp³-hybridized carbons (Fsp3) is 0.300. The molecule has 0 bridgehead atoms. The Kier molecular flexibility index (Phi) is 7.05. The molecule has 1 aromatic heterocycles. The van der Waals surface area contributed by atoms with E-state index in [9.17, 15) is 9.59 Å². The van der Waals surface area contributed by atoms with Gasteiger partial charge in [0.25, 0.3) is 5.91 Å². The molecule has 3 rings (SSSR count). The Morgan fingerprint density at radius 3 is 2.86 bits per heavy atom. The molecule has 9 heteroatoms. The number of hydrogen-bond acceptors (Lipinski definition) is 7. The van der Waals surface area contributed by atoms with Gasteiger partial charge < -0.3 is 9.84 Å². The lowest BCUT2D eigenvalue weighted by molar-refractivity contribution is -0.137. The number of thiazole rings is 1. The summed E-state index contributed by atoms with van der Waals surface area (Å²) < 4.78 is 5.59. The van der Waals surface area contributed by atoms with Crippen LogP contribution >= 0.6 is 23.1 Å². The number of thioether (sulfide) groups is 1. The second-order valence-electron chi connectivity index (χ2n) is 6.26. The van der Waals surface area contributed by atoms with Crippen LogP contribution in [0.1, 0.15) is 31.0 Å². The standard InChI is InChI=1S/C20H21N3O4S2/c1-3-9-23-18(26)16(29-20(23)22-19-21-13(2)12-28-19)11-14-6-4-5-7-15(14)27-10-8-17(24)25/h4-7,11-12H,3,8-10H2,1-2H3,(H,24,25)/b16-11+,22-20+. The molecule has 0 aliphatic carbocycles. The number of para-hydroxylation sites is 1. The molecule has 29 heavy (non-hydrogen) atoms. The van der Waals surface area contributed by atoms with Gasteiger partial charge >= 0.3 is 5.97 Å². The minimum Gasteiger partial charge on any atom is -0.492 e. The zero-order valence-corrected chi connectivity index (χ0v) is 17.8. The molecular formula is C20H21N3O4S2. The van der Waals surface area contributed by atoms with Gasteiger partial charge in [-0.3, -0.25) is 14.5 Å². The predicted octanol–water partition coefficient (Wildman–Crippen LogP) is 4.32. The van der Waals surface area contributed by atoms with E-state index < -0.39 is 5.97 Å². The summed E-state index contributed by atoms with van der Waals surface area (Å²) in [5.74, 6) is -0.488. The summed E-state index contributed by atoms with van der Waals surface area (Å²) in [6.07, 6.45) is 2.48. The fourth-order valence-corrected chi connectivity index (χ4v) is 4.33. The smallest absolute Gasteiger partial charge is 0.306 e. The van der Waals surface area contributed by atoms with E-state index in [0.29, 0.717) is 27.5 Å². The Hall–Kier alpha value is -2.65. The fourth-order valence-electron chi connectivity index (χ4n) is 2.61. The van der Waals surface area contributed by atoms with Crippen LogP contribution in [-0.4, -0.2) is 45.2 Å². The Morgan fingerprint density at radius 2 is 2.17 bits per heavy atom. The highest BCUT2D eigenvalue weighted by Crippen LogP contribution is 2.36. The number of aryl methyl sites for hydroxylation is 1. The van der Waals surface area contributed by atoms with E-state index in [1.54, 1.807) is 17.0 Å². The topological polar surface area (TPSA) is 92.1 Å². The van der Waals surface area contributed by atoms with Crippen molar-refractivity contribution in [3.05, 3.63) is 45.8 Å². The summed E-state index contributed by atoms with van der Waals surface area (Å²) in [7, 11) is 0. The van der Waals surface area contributed by atoms with Gasteiger partial charge in [-0.1, -0.05) is 25.1 Å². The van der Waals surface area contributed by atoms with Gasteiger partial charge in [0, 0.05) is 17.5 Å². The van der Waals surface area contributed by atoms with Crippen LogP contribution in [-0.2, 0) is 9.59 Å². The lowest BCUT2D eigenvalue weighted by Crippen LogP contribution is -2.29. The van der Waals surface area contributed by atoms with E-state index in [-0.39, 0.29) is 18.9 Å². The number of carbonyl (C=O) groups is 2. The Bertz CT molecular complexity index is 968. The molecule has 0 unspecified atom stereocenters. The number of hydrogen-bond donors (Lipinski definition) is 1. The Morgan fingerprint density at radius 1 is 1.38 bits per heavy atom. The lowest BCUT2D eigenvalue weighted by Gasteiger charge is -2.13. The molecule has 1 fully saturated rings. The summed E-state index contributed by atoms with van der Waals surface area (Å²) in [6, 6.07) is 7.25. The van der Waals surface area contributed by atoms with Crippen molar-refractivity contribution in [1.29, 1.82) is 0 Å². The average molecular weight is 432 g/mol. The number of carboxylic acid groups (broad SMARTS) is 1. The normalized spacial score (nSPS) is 16.8. The molecule has 1 aliphatic heterocycles. The molecule has 1 amide bonds. The first-order valence-electron chi connectivity index (χ1n) is 9.13. The molecule has 1 aliphatic rings. The minimum atomic E-state index is -0.921. The maximum atomic E-state index is 12.9. The highest BCUT2D eigenvalue weighted by molar-refractivity contribution is 8.18. The number of aliphatic carboxylic acids is 1. The number of ether oxygens (including phenoxy) is 1. The maximum Gasteiger partial charge on any atom is 0.306 e. The van der Waals surface area contributed by atoms with E-state index in [0.717, 1.165) is 17.7 Å². The average Bonchev–Trinajstić information content (AvgIpc) is 3.21. The Balaban J connectivity index is 1.87. The second kappa shape index (κ2) is 9.71. The van der Waals surface area contributed by atoms with Crippen LogP contribution in [0, 0.1) is 6.92 Å². The number of amidine groups is 1. The first-order valence-corrected chi connectivity index (χ1v) is 10.8. The van der Waals surface area contributed by atoms with Crippen LogP contribution < -0.4 is 4.74 Å². The number of amides is 1. The summed E-state index contributed by atoms with van der Waals surface area (Å²) in [5, 5.41) is 12.0. The highest BCUT2D eigenvalue weighted by atomic mass is 32.2. The van der Waals surface area contributed by atoms with Crippen LogP contribution in [0.3, 0.4) is 0 Å². The molecule has 2 heterocycles. The number of aromatic nitrogens is 1. The molecule has 2 aromatic rings. The van der Waals surface area contributed by atoms with Gasteiger partial charge in [-0.25, -0.2) is 4.98 Å². The van der Waals surface area contributed by atoms with Crippen molar-refractivity contribution in [2.45, 2.75) is 26.7 Å². The van der Waals surface area contributed by atoms with Gasteiger partial charge in [0.1, 0.15) is 5.75 Å². The Labute approximate surface area is 177 Å². The van der Waals surface area contributed by atoms with Crippen LogP contribution in [0.25, 0.3) is 6.08 Å². The SMILES string of the molecule is CCCN1C(=O)/C(=C\c2ccccc2OCCC(=O)O)S/C1=N/c1nc(C)cs1. The second-order valence-corrected chi connectivity index (χ2v) is 8.11. The monoisotopic (exact) mass is 431 g/mol. The third-order valence-electron chi connectivity index (χ3n) is 3.91. The summed E-state index contributed by atoms with van der Waals surface area (Å²) in [6.45, 7) is 4.55. The lowest BCUT2D eigenvalue weighted by atomic mass is 10.2. The van der Waals surface area contributed by atoms with E-state index >= 15 is 0 Å². The van der Waals surface area contributed by atoms with Crippen molar-refractivity contribution >= 4 is 51.4 Å². The summed E-state index contributed by atoms with van der Waals surface area (Å²) in [5.41, 5.74) is 1.62. The van der Waals surface area contributed by atoms with E-state index in [1.807, 2.05) is 37.4 Å². The third kappa shape index (κ3) is 5.45. The van der Waals surface area contributed by atoms with Crippen molar-refractivity contribution in [2.75, 3.05) is 13.2 Å². The van der Waals surface area contributed by atoms with Crippen LogP contribution in [0.4, 0.5) is 5.13 Å². The van der Waals surface area contributed by atoms with Crippen LogP contribution in [0.5, 0.6) is 5.75 Å². The molecule has 7 nitrogen and oxygen atoms in total. The zero-order chi connectivity index (χ0) is 20.8. The van der Waals surface area contributed by atoms with Crippen LogP contribution in [0.15, 0.2) is 39.5 Å². The number of carboxylic acids is 1. The first-order chi connectivity index (χ1) is 14.0. The van der Waals surface area contributed by atoms with Crippen molar-refractivity contribution in [3.8, 4) is 5.75 Å². The van der Waals surface area contributed by atoms with Crippen molar-refractivity contribution in [3.63, 3.8) is 0 Å². The quantitative estimate of drug-likeness (QED) is 0.626. The summed E-state index contributed by atoms with van der Waals surface area (Å²) in [4.78, 5) is 34.8. The van der Waals surface area contributed by atoms with Crippen molar-refractivity contribution < 1.29 is 19.4 Å². The molecule has 1 aromatic carbocycles.